The lowest BCUT2D eigenvalue weighted by atomic mass is 9.96. The highest BCUT2D eigenvalue weighted by Gasteiger charge is 2.40. The smallest absolute Gasteiger partial charge is 0.336 e. The third-order valence-corrected chi connectivity index (χ3v) is 6.26. The van der Waals surface area contributed by atoms with E-state index in [-0.39, 0.29) is 0 Å². The predicted molar refractivity (Wildman–Crippen MR) is 140 cm³/mol. The molecule has 2 aromatic heterocycles. The van der Waals surface area contributed by atoms with Crippen LogP contribution in [0.1, 0.15) is 55.8 Å². The molecular weight excluding hydrogens is 508 g/mol. The zero-order valence-electron chi connectivity index (χ0n) is 22.0. The van der Waals surface area contributed by atoms with Crippen molar-refractivity contribution in [3.05, 3.63) is 53.2 Å². The number of carboxylic acids is 3. The second kappa shape index (κ2) is 13.2. The molecule has 0 saturated heterocycles. The first-order valence-corrected chi connectivity index (χ1v) is 12.7. The Balaban J connectivity index is 0.000000276. The lowest BCUT2D eigenvalue weighted by Crippen LogP contribution is -2.42. The van der Waals surface area contributed by atoms with Crippen molar-refractivity contribution in [1.82, 2.24) is 19.9 Å². The average molecular weight is 543 g/mol. The van der Waals surface area contributed by atoms with Crippen molar-refractivity contribution < 1.29 is 39.5 Å². The summed E-state index contributed by atoms with van der Waals surface area (Å²) in [5.41, 5.74) is 2.41. The molecule has 39 heavy (non-hydrogen) atoms. The van der Waals surface area contributed by atoms with E-state index in [1.165, 1.54) is 27.7 Å². The summed E-state index contributed by atoms with van der Waals surface area (Å²) < 4.78 is 5.68. The molecule has 12 nitrogen and oxygen atoms in total. The van der Waals surface area contributed by atoms with E-state index in [0.717, 1.165) is 50.5 Å². The van der Waals surface area contributed by atoms with Crippen LogP contribution in [0.15, 0.2) is 30.6 Å². The Hall–Kier alpha value is -4.03. The number of ether oxygens (including phenoxy) is 1. The first-order valence-electron chi connectivity index (χ1n) is 12.7. The van der Waals surface area contributed by atoms with Crippen LogP contribution in [-0.2, 0) is 40.3 Å². The van der Waals surface area contributed by atoms with Crippen molar-refractivity contribution in [2.75, 3.05) is 13.2 Å². The maximum atomic E-state index is 10.3. The van der Waals surface area contributed by atoms with Gasteiger partial charge >= 0.3 is 17.9 Å². The number of rotatable bonds is 11. The summed E-state index contributed by atoms with van der Waals surface area (Å²) in [6, 6.07) is 6.34. The van der Waals surface area contributed by atoms with E-state index in [4.69, 9.17) is 25.2 Å². The minimum Gasteiger partial charge on any atom is -0.494 e. The van der Waals surface area contributed by atoms with E-state index in [1.807, 2.05) is 25.4 Å². The van der Waals surface area contributed by atoms with Gasteiger partial charge in [-0.2, -0.15) is 0 Å². The third-order valence-electron chi connectivity index (χ3n) is 6.26. The second-order valence-electron chi connectivity index (χ2n) is 9.42. The number of aliphatic carboxylic acids is 3. The van der Waals surface area contributed by atoms with Crippen LogP contribution in [0.4, 0.5) is 0 Å². The topological polar surface area (TPSA) is 186 Å². The molecule has 1 aliphatic rings. The largest absolute Gasteiger partial charge is 0.494 e. The third kappa shape index (κ3) is 7.98. The van der Waals surface area contributed by atoms with E-state index in [1.54, 1.807) is 0 Å². The number of benzene rings is 1. The highest BCUT2D eigenvalue weighted by molar-refractivity contribution is 5.88. The van der Waals surface area contributed by atoms with E-state index >= 15 is 0 Å². The number of aromatic nitrogens is 3. The van der Waals surface area contributed by atoms with Crippen LogP contribution in [0.5, 0.6) is 5.75 Å². The Labute approximate surface area is 225 Å². The highest BCUT2D eigenvalue weighted by Crippen LogP contribution is 2.31. The fraction of sp³-hybridized carbons (Fsp3) is 0.444. The molecular formula is C27H34N4O8. The summed E-state index contributed by atoms with van der Waals surface area (Å²) in [4.78, 5) is 45.5. The molecule has 0 unspecified atom stereocenters. The van der Waals surface area contributed by atoms with Crippen LogP contribution in [0.3, 0.4) is 0 Å². The van der Waals surface area contributed by atoms with Gasteiger partial charge in [0.05, 0.1) is 19.4 Å². The van der Waals surface area contributed by atoms with E-state index in [9.17, 15) is 14.4 Å². The molecule has 3 aromatic rings. The molecule has 4 rings (SSSR count). The van der Waals surface area contributed by atoms with Gasteiger partial charge < -0.3 is 30.1 Å². The second-order valence-corrected chi connectivity index (χ2v) is 9.42. The summed E-state index contributed by atoms with van der Waals surface area (Å²) in [6.07, 6.45) is 4.75. The SMILES string of the molecule is CCCc1ncc(CN2CCc3[nH]c4ccc(OCC)cc4c3C2)cn1.O=C(O)CC(O)(CC(=O)O)C(=O)O. The molecule has 5 N–H and O–H groups in total. The first-order chi connectivity index (χ1) is 18.5. The Bertz CT molecular complexity index is 1290. The minimum absolute atomic E-state index is 0.693. The van der Waals surface area contributed by atoms with Crippen LogP contribution in [0.25, 0.3) is 10.9 Å². The summed E-state index contributed by atoms with van der Waals surface area (Å²) in [6.45, 7) is 7.76. The standard InChI is InChI=1S/C21H26N4O.C6H8O7/c1-3-5-21-22-11-15(12-23-21)13-25-9-8-20-18(14-25)17-10-16(26-4-2)6-7-19(17)24-20;7-3(8)1-6(13,5(11)12)2-4(9)10/h6-7,10-12,24H,3-5,8-9,13-14H2,1-2H3;13H,1-2H2,(H,7,8)(H,9,10)(H,11,12). The quantitative estimate of drug-likeness (QED) is 0.240. The molecule has 0 aliphatic carbocycles. The van der Waals surface area contributed by atoms with Crippen LogP contribution in [0, 0.1) is 0 Å². The molecule has 1 aliphatic heterocycles. The van der Waals surface area contributed by atoms with Crippen LogP contribution in [-0.4, -0.2) is 76.9 Å². The Morgan fingerprint density at radius 1 is 1.08 bits per heavy atom. The summed E-state index contributed by atoms with van der Waals surface area (Å²) in [7, 11) is 0. The van der Waals surface area contributed by atoms with E-state index in [2.05, 4.69) is 38.9 Å². The number of aromatic amines is 1. The Morgan fingerprint density at radius 3 is 2.31 bits per heavy atom. The zero-order valence-corrected chi connectivity index (χ0v) is 22.0. The number of H-pyrrole nitrogens is 1. The molecule has 12 heteroatoms. The number of carbonyl (C=O) groups is 3. The van der Waals surface area contributed by atoms with Crippen LogP contribution < -0.4 is 4.74 Å². The van der Waals surface area contributed by atoms with Gasteiger partial charge in [0.15, 0.2) is 5.60 Å². The predicted octanol–water partition coefficient (Wildman–Crippen LogP) is 2.62. The van der Waals surface area contributed by atoms with Crippen LogP contribution >= 0.6 is 0 Å². The van der Waals surface area contributed by atoms with Gasteiger partial charge in [0.2, 0.25) is 0 Å². The number of aryl methyl sites for hydroxylation is 1. The van der Waals surface area contributed by atoms with Gasteiger partial charge in [-0.1, -0.05) is 6.92 Å². The van der Waals surface area contributed by atoms with Crippen molar-refractivity contribution in [3.8, 4) is 5.75 Å². The lowest BCUT2D eigenvalue weighted by Gasteiger charge is -2.27. The van der Waals surface area contributed by atoms with Gasteiger partial charge in [-0.3, -0.25) is 14.5 Å². The molecule has 0 saturated carbocycles. The van der Waals surface area contributed by atoms with Crippen molar-refractivity contribution in [1.29, 1.82) is 0 Å². The number of nitrogens with one attached hydrogen (secondary N) is 1. The summed E-state index contributed by atoms with van der Waals surface area (Å²) in [5, 5.41) is 35.1. The molecule has 0 radical (unpaired) electrons. The molecule has 210 valence electrons. The molecule has 0 bridgehead atoms. The number of hydrogen-bond acceptors (Lipinski definition) is 8. The highest BCUT2D eigenvalue weighted by atomic mass is 16.5. The van der Waals surface area contributed by atoms with Gasteiger partial charge in [-0.25, -0.2) is 14.8 Å². The van der Waals surface area contributed by atoms with Crippen molar-refractivity contribution >= 4 is 28.8 Å². The normalized spacial score (nSPS) is 13.3. The van der Waals surface area contributed by atoms with Gasteiger partial charge in [-0.05, 0) is 37.1 Å². The lowest BCUT2D eigenvalue weighted by molar-refractivity contribution is -0.170. The molecule has 0 atom stereocenters. The number of aliphatic hydroxyl groups is 1. The van der Waals surface area contributed by atoms with Crippen molar-refractivity contribution in [3.63, 3.8) is 0 Å². The maximum Gasteiger partial charge on any atom is 0.336 e. The number of hydrogen-bond donors (Lipinski definition) is 5. The van der Waals surface area contributed by atoms with Gasteiger partial charge in [-0.15, -0.1) is 0 Å². The van der Waals surface area contributed by atoms with Crippen molar-refractivity contribution in [2.45, 2.75) is 64.6 Å². The van der Waals surface area contributed by atoms with Gasteiger partial charge in [0.1, 0.15) is 11.6 Å². The summed E-state index contributed by atoms with van der Waals surface area (Å²) in [5.74, 6) is -3.13. The summed E-state index contributed by atoms with van der Waals surface area (Å²) >= 11 is 0. The Kier molecular flexibility index (Phi) is 9.96. The molecule has 0 fully saturated rings. The van der Waals surface area contributed by atoms with E-state index < -0.39 is 36.4 Å². The minimum atomic E-state index is -2.74. The van der Waals surface area contributed by atoms with Crippen molar-refractivity contribution in [2.24, 2.45) is 0 Å². The monoisotopic (exact) mass is 542 g/mol. The zero-order chi connectivity index (χ0) is 28.6. The number of fused-ring (bicyclic) bond motifs is 3. The number of nitrogens with zero attached hydrogens (tertiary/aromatic N) is 3. The molecule has 3 heterocycles. The molecule has 0 spiro atoms. The van der Waals surface area contributed by atoms with Gasteiger partial charge in [0, 0.05) is 67.0 Å². The average Bonchev–Trinajstić information content (AvgIpc) is 3.22. The number of carboxylic acid groups (broad SMARTS) is 3. The fourth-order valence-electron chi connectivity index (χ4n) is 4.43. The fourth-order valence-corrected chi connectivity index (χ4v) is 4.43. The van der Waals surface area contributed by atoms with E-state index in [0.29, 0.717) is 6.61 Å². The van der Waals surface area contributed by atoms with Crippen LogP contribution in [0.2, 0.25) is 0 Å². The molecule has 0 amide bonds. The maximum absolute atomic E-state index is 10.3. The van der Waals surface area contributed by atoms with Gasteiger partial charge in [0.25, 0.3) is 0 Å². The molecule has 1 aromatic carbocycles. The first kappa shape index (κ1) is 29.5. The Morgan fingerprint density at radius 2 is 1.74 bits per heavy atom.